The number of nitrogens with one attached hydrogen (secondary N) is 2. The number of carbonyl (C=O) groups is 3. The molecule has 0 aliphatic heterocycles. The first-order chi connectivity index (χ1) is 13.6. The zero-order valence-electron chi connectivity index (χ0n) is 16.4. The topological polar surface area (TPSA) is 119 Å². The number of rotatable bonds is 5. The van der Waals surface area contributed by atoms with Crippen LogP contribution >= 0.6 is 11.6 Å². The highest BCUT2D eigenvalue weighted by molar-refractivity contribution is 6.30. The minimum atomic E-state index is -1.31. The van der Waals surface area contributed by atoms with E-state index < -0.39 is 35.1 Å². The third kappa shape index (κ3) is 5.89. The summed E-state index contributed by atoms with van der Waals surface area (Å²) in [5.41, 5.74) is -0.0678. The maximum atomic E-state index is 12.4. The van der Waals surface area contributed by atoms with Crippen molar-refractivity contribution in [1.82, 2.24) is 20.4 Å². The predicted molar refractivity (Wildman–Crippen MR) is 106 cm³/mol. The molecule has 0 unspecified atom stereocenters. The number of hydrogen-bond acceptors (Lipinski definition) is 6. The molecule has 0 saturated heterocycles. The number of esters is 1. The SMILES string of the molecule is Cc1cc(=O)c(C(=O)O[C@H](C)C(=O)NC(=O)NC(C)C)nn1-c1ccc(Cl)cc1. The third-order valence-electron chi connectivity index (χ3n) is 3.68. The summed E-state index contributed by atoms with van der Waals surface area (Å²) in [5, 5.41) is 9.11. The molecule has 2 aromatic rings. The molecule has 0 aliphatic rings. The van der Waals surface area contributed by atoms with Crippen LogP contribution in [-0.4, -0.2) is 39.8 Å². The van der Waals surface area contributed by atoms with Gasteiger partial charge in [0.2, 0.25) is 11.1 Å². The Kier molecular flexibility index (Phi) is 7.11. The van der Waals surface area contributed by atoms with E-state index in [0.29, 0.717) is 16.4 Å². The zero-order valence-corrected chi connectivity index (χ0v) is 17.1. The third-order valence-corrected chi connectivity index (χ3v) is 3.93. The van der Waals surface area contributed by atoms with Gasteiger partial charge in [0.25, 0.3) is 5.91 Å². The molecule has 1 aromatic heterocycles. The van der Waals surface area contributed by atoms with Crippen LogP contribution in [0.4, 0.5) is 4.79 Å². The summed E-state index contributed by atoms with van der Waals surface area (Å²) >= 11 is 5.88. The molecule has 0 fully saturated rings. The molecule has 1 aromatic carbocycles. The summed E-state index contributed by atoms with van der Waals surface area (Å²) in [5.74, 6) is -1.91. The molecular formula is C19H21ClN4O5. The molecule has 1 heterocycles. The van der Waals surface area contributed by atoms with Gasteiger partial charge in [0.15, 0.2) is 6.10 Å². The molecule has 0 bridgehead atoms. The summed E-state index contributed by atoms with van der Waals surface area (Å²) in [6, 6.07) is 6.97. The Morgan fingerprint density at radius 1 is 1.14 bits per heavy atom. The quantitative estimate of drug-likeness (QED) is 0.713. The van der Waals surface area contributed by atoms with Gasteiger partial charge in [-0.15, -0.1) is 0 Å². The van der Waals surface area contributed by atoms with Gasteiger partial charge in [-0.1, -0.05) is 11.6 Å². The summed E-state index contributed by atoms with van der Waals surface area (Å²) in [7, 11) is 0. The Bertz CT molecular complexity index is 985. The van der Waals surface area contributed by atoms with Gasteiger partial charge in [-0.05, 0) is 52.0 Å². The van der Waals surface area contributed by atoms with Gasteiger partial charge in [-0.25, -0.2) is 14.3 Å². The second-order valence-electron chi connectivity index (χ2n) is 6.55. The maximum absolute atomic E-state index is 12.4. The van der Waals surface area contributed by atoms with Gasteiger partial charge in [-0.2, -0.15) is 5.10 Å². The molecule has 0 aliphatic carbocycles. The van der Waals surface area contributed by atoms with Gasteiger partial charge < -0.3 is 10.1 Å². The van der Waals surface area contributed by atoms with Crippen LogP contribution in [0.15, 0.2) is 35.1 Å². The van der Waals surface area contributed by atoms with Gasteiger partial charge in [0, 0.05) is 22.8 Å². The van der Waals surface area contributed by atoms with E-state index >= 15 is 0 Å². The highest BCUT2D eigenvalue weighted by atomic mass is 35.5. The Labute approximate surface area is 172 Å². The van der Waals surface area contributed by atoms with Crippen LogP contribution < -0.4 is 16.1 Å². The van der Waals surface area contributed by atoms with Crippen molar-refractivity contribution in [2.45, 2.75) is 39.8 Å². The van der Waals surface area contributed by atoms with Crippen LogP contribution in [0.3, 0.4) is 0 Å². The normalized spacial score (nSPS) is 11.7. The van der Waals surface area contributed by atoms with Gasteiger partial charge in [-0.3, -0.25) is 14.9 Å². The van der Waals surface area contributed by atoms with E-state index in [0.717, 1.165) is 0 Å². The summed E-state index contributed by atoms with van der Waals surface area (Å²) in [4.78, 5) is 48.2. The number of carbonyl (C=O) groups excluding carboxylic acids is 3. The smallest absolute Gasteiger partial charge is 0.363 e. The van der Waals surface area contributed by atoms with E-state index in [2.05, 4.69) is 15.7 Å². The van der Waals surface area contributed by atoms with Crippen molar-refractivity contribution in [3.8, 4) is 5.69 Å². The molecule has 1 atom stereocenters. The van der Waals surface area contributed by atoms with Crippen LogP contribution in [0.5, 0.6) is 0 Å². The number of nitrogens with zero attached hydrogens (tertiary/aromatic N) is 2. The van der Waals surface area contributed by atoms with Gasteiger partial charge in [0.1, 0.15) is 0 Å². The maximum Gasteiger partial charge on any atom is 0.363 e. The van der Waals surface area contributed by atoms with E-state index in [-0.39, 0.29) is 6.04 Å². The molecule has 0 radical (unpaired) electrons. The molecule has 2 N–H and O–H groups in total. The fourth-order valence-corrected chi connectivity index (χ4v) is 2.44. The molecule has 154 valence electrons. The predicted octanol–water partition coefficient (Wildman–Crippen LogP) is 1.97. The van der Waals surface area contributed by atoms with Crippen molar-refractivity contribution in [2.24, 2.45) is 0 Å². The van der Waals surface area contributed by atoms with E-state index in [4.69, 9.17) is 16.3 Å². The number of aryl methyl sites for hydroxylation is 1. The molecule has 0 saturated carbocycles. The number of halogens is 1. The largest absolute Gasteiger partial charge is 0.448 e. The number of hydrogen-bond donors (Lipinski definition) is 2. The zero-order chi connectivity index (χ0) is 21.7. The van der Waals surface area contributed by atoms with Gasteiger partial charge >= 0.3 is 12.0 Å². The summed E-state index contributed by atoms with van der Waals surface area (Å²) < 4.78 is 6.39. The Hall–Kier alpha value is -3.20. The average molecular weight is 421 g/mol. The lowest BCUT2D eigenvalue weighted by molar-refractivity contribution is -0.127. The first kappa shape index (κ1) is 22.1. The standard InChI is InChI=1S/C19H21ClN4O5/c1-10(2)21-19(28)22-17(26)12(4)29-18(27)16-15(25)9-11(3)24(23-16)14-7-5-13(20)6-8-14/h5-10,12H,1-4H3,(H2,21,22,26,28)/t12-/m1/s1. The summed E-state index contributed by atoms with van der Waals surface area (Å²) in [6.07, 6.45) is -1.31. The number of amides is 3. The molecule has 29 heavy (non-hydrogen) atoms. The van der Waals surface area contributed by atoms with Crippen molar-refractivity contribution in [3.63, 3.8) is 0 Å². The second kappa shape index (κ2) is 9.33. The van der Waals surface area contributed by atoms with Crippen LogP contribution in [-0.2, 0) is 9.53 Å². The highest BCUT2D eigenvalue weighted by Gasteiger charge is 2.24. The van der Waals surface area contributed by atoms with Crippen molar-refractivity contribution >= 4 is 29.5 Å². The van der Waals surface area contributed by atoms with Crippen LogP contribution in [0.1, 0.15) is 37.0 Å². The first-order valence-corrected chi connectivity index (χ1v) is 9.15. The van der Waals surface area contributed by atoms with E-state index in [9.17, 15) is 19.2 Å². The second-order valence-corrected chi connectivity index (χ2v) is 6.99. The van der Waals surface area contributed by atoms with Crippen LogP contribution in [0.25, 0.3) is 5.69 Å². The lowest BCUT2D eigenvalue weighted by Gasteiger charge is -2.15. The minimum Gasteiger partial charge on any atom is -0.448 e. The lowest BCUT2D eigenvalue weighted by atomic mass is 10.3. The lowest BCUT2D eigenvalue weighted by Crippen LogP contribution is -2.46. The summed E-state index contributed by atoms with van der Waals surface area (Å²) in [6.45, 7) is 6.38. The number of urea groups is 1. The first-order valence-electron chi connectivity index (χ1n) is 8.77. The van der Waals surface area contributed by atoms with Crippen molar-refractivity contribution < 1.29 is 19.1 Å². The van der Waals surface area contributed by atoms with Crippen molar-refractivity contribution in [1.29, 1.82) is 0 Å². The van der Waals surface area contributed by atoms with Crippen LogP contribution in [0, 0.1) is 6.92 Å². The fraction of sp³-hybridized carbons (Fsp3) is 0.316. The van der Waals surface area contributed by atoms with E-state index in [1.54, 1.807) is 45.0 Å². The Morgan fingerprint density at radius 3 is 2.34 bits per heavy atom. The molecular weight excluding hydrogens is 400 g/mol. The molecule has 10 heteroatoms. The van der Waals surface area contributed by atoms with E-state index in [1.165, 1.54) is 17.7 Å². The van der Waals surface area contributed by atoms with Gasteiger partial charge in [0.05, 0.1) is 5.69 Å². The van der Waals surface area contributed by atoms with E-state index in [1.807, 2.05) is 0 Å². The molecule has 3 amide bonds. The Morgan fingerprint density at radius 2 is 1.76 bits per heavy atom. The Balaban J connectivity index is 2.19. The van der Waals surface area contributed by atoms with Crippen molar-refractivity contribution in [3.05, 3.63) is 57.0 Å². The van der Waals surface area contributed by atoms with Crippen molar-refractivity contribution in [2.75, 3.05) is 0 Å². The monoisotopic (exact) mass is 420 g/mol. The molecule has 2 rings (SSSR count). The van der Waals surface area contributed by atoms with Crippen LogP contribution in [0.2, 0.25) is 5.02 Å². The number of ether oxygens (including phenoxy) is 1. The average Bonchev–Trinajstić information content (AvgIpc) is 2.61. The fourth-order valence-electron chi connectivity index (χ4n) is 2.31. The highest BCUT2D eigenvalue weighted by Crippen LogP contribution is 2.14. The molecule has 0 spiro atoms. The molecule has 9 nitrogen and oxygen atoms in total. The number of benzene rings is 1. The number of aromatic nitrogens is 2. The minimum absolute atomic E-state index is 0.177. The number of imide groups is 1.